The Morgan fingerprint density at radius 2 is 1.79 bits per heavy atom. The molecule has 0 aromatic heterocycles. The average molecular weight is 405 g/mol. The van der Waals surface area contributed by atoms with Crippen molar-refractivity contribution in [1.82, 2.24) is 0 Å². The number of methoxy groups -OCH3 is 2. The molecule has 0 aromatic rings. The lowest BCUT2D eigenvalue weighted by Crippen LogP contribution is -2.59. The number of ether oxygens (including phenoxy) is 3. The van der Waals surface area contributed by atoms with Crippen LogP contribution < -0.4 is 0 Å². The largest absolute Gasteiger partial charge is 0.465 e. The summed E-state index contributed by atoms with van der Waals surface area (Å²) in [6, 6.07) is 0. The Hall–Kier alpha value is -0.870. The van der Waals surface area contributed by atoms with Crippen LogP contribution in [0, 0.1) is 40.4 Å². The molecule has 0 saturated heterocycles. The van der Waals surface area contributed by atoms with Crippen molar-refractivity contribution >= 4 is 5.97 Å². The summed E-state index contributed by atoms with van der Waals surface area (Å²) in [5, 5.41) is 0. The highest BCUT2D eigenvalue weighted by Crippen LogP contribution is 2.68. The van der Waals surface area contributed by atoms with Crippen LogP contribution in [0.5, 0.6) is 0 Å². The van der Waals surface area contributed by atoms with Gasteiger partial charge in [0.05, 0.1) is 6.61 Å². The molecule has 4 heteroatoms. The Morgan fingerprint density at radius 3 is 2.45 bits per heavy atom. The number of rotatable bonds is 5. The minimum Gasteiger partial charge on any atom is -0.465 e. The van der Waals surface area contributed by atoms with Gasteiger partial charge in [-0.15, -0.1) is 6.58 Å². The number of hydrogen-bond acceptors (Lipinski definition) is 4. The Morgan fingerprint density at radius 1 is 1.03 bits per heavy atom. The van der Waals surface area contributed by atoms with Crippen LogP contribution >= 0.6 is 0 Å². The number of carbonyl (C=O) groups excluding carboxylic acids is 1. The standard InChI is InChI=1S/C25H40O4/c1-6-18-8-10-21-20-9-7-19-15-25(27-4,28-5)14-13-24(19,16-29-17(2)26)22(20)11-12-23(18,21)3/h6,18-22H,1,7-16H2,2-5H3. The molecule has 0 amide bonds. The quantitative estimate of drug-likeness (QED) is 0.351. The molecule has 0 bridgehead atoms. The van der Waals surface area contributed by atoms with Gasteiger partial charge in [-0.3, -0.25) is 4.79 Å². The molecule has 4 rings (SSSR count). The van der Waals surface area contributed by atoms with Crippen molar-refractivity contribution in [3.05, 3.63) is 12.7 Å². The van der Waals surface area contributed by atoms with Gasteiger partial charge in [0.1, 0.15) is 0 Å². The normalized spacial score (nSPS) is 45.6. The zero-order valence-electron chi connectivity index (χ0n) is 18.9. The van der Waals surface area contributed by atoms with E-state index < -0.39 is 5.79 Å². The zero-order valence-corrected chi connectivity index (χ0v) is 18.9. The molecule has 0 N–H and O–H groups in total. The van der Waals surface area contributed by atoms with Gasteiger partial charge in [0.2, 0.25) is 0 Å². The van der Waals surface area contributed by atoms with Crippen LogP contribution in [0.3, 0.4) is 0 Å². The van der Waals surface area contributed by atoms with E-state index in [0.717, 1.165) is 31.1 Å². The third-order valence-corrected chi connectivity index (χ3v) is 10.0. The highest BCUT2D eigenvalue weighted by molar-refractivity contribution is 5.65. The molecule has 4 fully saturated rings. The highest BCUT2D eigenvalue weighted by Gasteiger charge is 2.63. The van der Waals surface area contributed by atoms with E-state index in [9.17, 15) is 4.79 Å². The third kappa shape index (κ3) is 3.20. The first-order valence-corrected chi connectivity index (χ1v) is 11.7. The zero-order chi connectivity index (χ0) is 20.9. The van der Waals surface area contributed by atoms with Crippen molar-refractivity contribution in [2.24, 2.45) is 40.4 Å². The highest BCUT2D eigenvalue weighted by atomic mass is 16.7. The average Bonchev–Trinajstić information content (AvgIpc) is 3.08. The maximum absolute atomic E-state index is 11.8. The van der Waals surface area contributed by atoms with E-state index in [1.54, 1.807) is 21.1 Å². The lowest BCUT2D eigenvalue weighted by molar-refractivity contribution is -0.269. The van der Waals surface area contributed by atoms with Gasteiger partial charge in [0.15, 0.2) is 5.79 Å². The van der Waals surface area contributed by atoms with Crippen molar-refractivity contribution in [1.29, 1.82) is 0 Å². The first kappa shape index (κ1) is 21.4. The van der Waals surface area contributed by atoms with Crippen molar-refractivity contribution < 1.29 is 19.0 Å². The molecule has 164 valence electrons. The van der Waals surface area contributed by atoms with E-state index in [2.05, 4.69) is 19.6 Å². The third-order valence-electron chi connectivity index (χ3n) is 10.0. The minimum atomic E-state index is -0.471. The Bertz CT molecular complexity index is 641. The second kappa shape index (κ2) is 7.67. The summed E-state index contributed by atoms with van der Waals surface area (Å²) < 4.78 is 17.5. The van der Waals surface area contributed by atoms with Crippen molar-refractivity contribution in [3.63, 3.8) is 0 Å². The second-order valence-corrected chi connectivity index (χ2v) is 10.7. The van der Waals surface area contributed by atoms with E-state index >= 15 is 0 Å². The Labute approximate surface area is 176 Å². The summed E-state index contributed by atoms with van der Waals surface area (Å²) in [6.07, 6.45) is 12.7. The summed E-state index contributed by atoms with van der Waals surface area (Å²) in [7, 11) is 3.54. The van der Waals surface area contributed by atoms with E-state index in [-0.39, 0.29) is 11.4 Å². The molecule has 4 aliphatic carbocycles. The molecule has 4 saturated carbocycles. The Balaban J connectivity index is 1.65. The van der Waals surface area contributed by atoms with Gasteiger partial charge in [-0.05, 0) is 80.0 Å². The van der Waals surface area contributed by atoms with Gasteiger partial charge < -0.3 is 14.2 Å². The minimum absolute atomic E-state index is 0.0861. The van der Waals surface area contributed by atoms with Crippen LogP contribution in [-0.2, 0) is 19.0 Å². The fourth-order valence-electron chi connectivity index (χ4n) is 8.40. The van der Waals surface area contributed by atoms with Gasteiger partial charge in [-0.25, -0.2) is 0 Å². The monoisotopic (exact) mass is 404 g/mol. The van der Waals surface area contributed by atoms with Crippen LogP contribution in [0.2, 0.25) is 0 Å². The number of esters is 1. The smallest absolute Gasteiger partial charge is 0.302 e. The van der Waals surface area contributed by atoms with Gasteiger partial charge in [-0.1, -0.05) is 13.0 Å². The van der Waals surface area contributed by atoms with Gasteiger partial charge in [-0.2, -0.15) is 0 Å². The Kier molecular flexibility index (Phi) is 5.65. The second-order valence-electron chi connectivity index (χ2n) is 10.7. The fraction of sp³-hybridized carbons (Fsp3) is 0.880. The molecule has 29 heavy (non-hydrogen) atoms. The fourth-order valence-corrected chi connectivity index (χ4v) is 8.40. The summed E-state index contributed by atoms with van der Waals surface area (Å²) >= 11 is 0. The molecule has 0 heterocycles. The van der Waals surface area contributed by atoms with Gasteiger partial charge in [0.25, 0.3) is 0 Å². The van der Waals surface area contributed by atoms with Crippen LogP contribution in [-0.4, -0.2) is 32.6 Å². The van der Waals surface area contributed by atoms with Crippen LogP contribution in [0.4, 0.5) is 0 Å². The van der Waals surface area contributed by atoms with Gasteiger partial charge >= 0.3 is 5.97 Å². The SMILES string of the molecule is C=CC1CCC2C3CCC4CC(OC)(OC)CCC4(COC(C)=O)C3CCC12C. The number of carbonyl (C=O) groups is 1. The topological polar surface area (TPSA) is 44.8 Å². The molecule has 0 spiro atoms. The molecule has 0 radical (unpaired) electrons. The lowest BCUT2D eigenvalue weighted by atomic mass is 9.44. The number of fused-ring (bicyclic) bond motifs is 5. The number of hydrogen-bond donors (Lipinski definition) is 0. The maximum atomic E-state index is 11.8. The first-order chi connectivity index (χ1) is 13.8. The molecular formula is C25H40O4. The van der Waals surface area contributed by atoms with E-state index in [0.29, 0.717) is 29.8 Å². The molecule has 0 aliphatic heterocycles. The molecular weight excluding hydrogens is 364 g/mol. The summed E-state index contributed by atoms with van der Waals surface area (Å²) in [4.78, 5) is 11.8. The van der Waals surface area contributed by atoms with Crippen LogP contribution in [0.25, 0.3) is 0 Å². The van der Waals surface area contributed by atoms with Crippen LogP contribution in [0.1, 0.15) is 71.6 Å². The van der Waals surface area contributed by atoms with Crippen molar-refractivity contribution in [2.75, 3.05) is 20.8 Å². The summed E-state index contributed by atoms with van der Waals surface area (Å²) in [5.74, 6) is 2.73. The summed E-state index contributed by atoms with van der Waals surface area (Å²) in [6.45, 7) is 8.81. The maximum Gasteiger partial charge on any atom is 0.302 e. The molecule has 4 aliphatic rings. The number of allylic oxidation sites excluding steroid dienone is 1. The van der Waals surface area contributed by atoms with Crippen molar-refractivity contribution in [3.8, 4) is 0 Å². The van der Waals surface area contributed by atoms with Crippen LogP contribution in [0.15, 0.2) is 12.7 Å². The molecule has 4 nitrogen and oxygen atoms in total. The van der Waals surface area contributed by atoms with E-state index in [4.69, 9.17) is 14.2 Å². The van der Waals surface area contributed by atoms with E-state index in [1.165, 1.54) is 38.5 Å². The molecule has 0 aromatic carbocycles. The molecule has 7 atom stereocenters. The summed E-state index contributed by atoms with van der Waals surface area (Å²) in [5.41, 5.74) is 0.499. The first-order valence-electron chi connectivity index (χ1n) is 11.7. The predicted molar refractivity (Wildman–Crippen MR) is 113 cm³/mol. The lowest BCUT2D eigenvalue weighted by Gasteiger charge is -2.62. The van der Waals surface area contributed by atoms with Crippen molar-refractivity contribution in [2.45, 2.75) is 77.4 Å². The van der Waals surface area contributed by atoms with Gasteiger partial charge in [0, 0.05) is 39.4 Å². The molecule has 7 unspecified atom stereocenters. The van der Waals surface area contributed by atoms with E-state index in [1.807, 2.05) is 0 Å². The predicted octanol–water partition coefficient (Wildman–Crippen LogP) is 5.36.